The highest BCUT2D eigenvalue weighted by atomic mass is 16.6. The fourth-order valence-electron chi connectivity index (χ4n) is 1.89. The molecule has 16 heavy (non-hydrogen) atoms. The van der Waals surface area contributed by atoms with E-state index in [0.717, 1.165) is 25.9 Å². The van der Waals surface area contributed by atoms with E-state index in [2.05, 4.69) is 25.9 Å². The van der Waals surface area contributed by atoms with E-state index in [9.17, 15) is 4.79 Å². The second-order valence-electron chi connectivity index (χ2n) is 5.31. The molecule has 1 rings (SSSR count). The minimum atomic E-state index is -0.171. The summed E-state index contributed by atoms with van der Waals surface area (Å²) in [5.74, 6) is 0. The Morgan fingerprint density at radius 2 is 1.81 bits per heavy atom. The van der Waals surface area contributed by atoms with E-state index in [-0.39, 0.29) is 17.7 Å². The van der Waals surface area contributed by atoms with Crippen molar-refractivity contribution in [3.63, 3.8) is 0 Å². The van der Waals surface area contributed by atoms with Crippen molar-refractivity contribution >= 4 is 6.09 Å². The second-order valence-corrected chi connectivity index (χ2v) is 5.31. The number of hydrogen-bond acceptors (Lipinski definition) is 3. The van der Waals surface area contributed by atoms with Crippen LogP contribution in [-0.4, -0.2) is 54.7 Å². The number of hydrogen-bond donors (Lipinski definition) is 0. The lowest BCUT2D eigenvalue weighted by atomic mass is 9.89. The van der Waals surface area contributed by atoms with Gasteiger partial charge in [0.15, 0.2) is 0 Å². The van der Waals surface area contributed by atoms with Gasteiger partial charge in [0.1, 0.15) is 0 Å². The Morgan fingerprint density at radius 3 is 2.19 bits per heavy atom. The van der Waals surface area contributed by atoms with Crippen molar-refractivity contribution in [3.8, 4) is 0 Å². The number of ether oxygens (including phenoxy) is 1. The van der Waals surface area contributed by atoms with E-state index >= 15 is 0 Å². The summed E-state index contributed by atoms with van der Waals surface area (Å²) in [4.78, 5) is 15.7. The van der Waals surface area contributed by atoms with Crippen molar-refractivity contribution < 1.29 is 9.53 Å². The van der Waals surface area contributed by atoms with Gasteiger partial charge in [-0.25, -0.2) is 4.79 Å². The van der Waals surface area contributed by atoms with Crippen molar-refractivity contribution in [1.82, 2.24) is 9.80 Å². The summed E-state index contributed by atoms with van der Waals surface area (Å²) in [5, 5.41) is 0. The minimum absolute atomic E-state index is 0.0327. The van der Waals surface area contributed by atoms with Crippen LogP contribution in [0.15, 0.2) is 0 Å². The Labute approximate surface area is 98.5 Å². The van der Waals surface area contributed by atoms with Gasteiger partial charge in [0.2, 0.25) is 0 Å². The fourth-order valence-corrected chi connectivity index (χ4v) is 1.89. The van der Waals surface area contributed by atoms with Crippen molar-refractivity contribution in [2.24, 2.45) is 0 Å². The third-order valence-corrected chi connectivity index (χ3v) is 3.51. The largest absolute Gasteiger partial charge is 0.447 e. The lowest BCUT2D eigenvalue weighted by Crippen LogP contribution is -2.52. The molecule has 1 fully saturated rings. The molecule has 0 N–H and O–H groups in total. The number of likely N-dealkylation sites (tertiary alicyclic amines) is 1. The molecule has 1 amide bonds. The molecule has 0 bridgehead atoms. The molecule has 1 saturated heterocycles. The molecule has 1 heterocycles. The van der Waals surface area contributed by atoms with Crippen LogP contribution in [-0.2, 0) is 4.74 Å². The van der Waals surface area contributed by atoms with Gasteiger partial charge in [-0.2, -0.15) is 0 Å². The first-order valence-electron chi connectivity index (χ1n) is 5.98. The van der Waals surface area contributed by atoms with Crippen LogP contribution in [0.25, 0.3) is 0 Å². The van der Waals surface area contributed by atoms with Crippen LogP contribution >= 0.6 is 0 Å². The number of rotatable bonds is 2. The molecule has 0 atom stereocenters. The minimum Gasteiger partial charge on any atom is -0.447 e. The van der Waals surface area contributed by atoms with Crippen LogP contribution in [0.3, 0.4) is 0 Å². The van der Waals surface area contributed by atoms with Crippen molar-refractivity contribution in [2.75, 3.05) is 27.2 Å². The molecule has 0 saturated carbocycles. The van der Waals surface area contributed by atoms with Gasteiger partial charge in [-0.05, 0) is 47.7 Å². The molecule has 0 aliphatic carbocycles. The van der Waals surface area contributed by atoms with Crippen molar-refractivity contribution in [3.05, 3.63) is 0 Å². The highest BCUT2D eigenvalue weighted by Gasteiger charge is 2.34. The third kappa shape index (κ3) is 3.11. The predicted molar refractivity (Wildman–Crippen MR) is 64.5 cm³/mol. The first-order valence-corrected chi connectivity index (χ1v) is 5.98. The lowest BCUT2D eigenvalue weighted by molar-refractivity contribution is 0.0394. The molecule has 0 aromatic heterocycles. The Balaban J connectivity index is 2.46. The SMILES string of the molecule is CC(C)OC(=O)N1CCC(C)(N(C)C)CC1. The van der Waals surface area contributed by atoms with Gasteiger partial charge in [0, 0.05) is 18.6 Å². The monoisotopic (exact) mass is 228 g/mol. The van der Waals surface area contributed by atoms with Crippen LogP contribution < -0.4 is 0 Å². The molecule has 0 aromatic rings. The average molecular weight is 228 g/mol. The quantitative estimate of drug-likeness (QED) is 0.724. The third-order valence-electron chi connectivity index (χ3n) is 3.51. The number of piperidine rings is 1. The van der Waals surface area contributed by atoms with E-state index in [4.69, 9.17) is 4.74 Å². The van der Waals surface area contributed by atoms with Crippen LogP contribution in [0, 0.1) is 0 Å². The molecule has 1 aliphatic heterocycles. The zero-order valence-corrected chi connectivity index (χ0v) is 11.1. The topological polar surface area (TPSA) is 32.8 Å². The van der Waals surface area contributed by atoms with Crippen LogP contribution in [0.4, 0.5) is 4.79 Å². The summed E-state index contributed by atoms with van der Waals surface area (Å²) in [6, 6.07) is 0. The van der Waals surface area contributed by atoms with Gasteiger partial charge in [0.25, 0.3) is 0 Å². The summed E-state index contributed by atoms with van der Waals surface area (Å²) in [6.45, 7) is 7.59. The summed E-state index contributed by atoms with van der Waals surface area (Å²) < 4.78 is 5.19. The zero-order valence-electron chi connectivity index (χ0n) is 11.1. The van der Waals surface area contributed by atoms with Gasteiger partial charge >= 0.3 is 6.09 Å². The summed E-state index contributed by atoms with van der Waals surface area (Å²) >= 11 is 0. The number of amides is 1. The lowest BCUT2D eigenvalue weighted by Gasteiger charge is -2.43. The second kappa shape index (κ2) is 5.04. The molecule has 1 aliphatic rings. The molecular formula is C12H24N2O2. The maximum absolute atomic E-state index is 11.7. The van der Waals surface area contributed by atoms with Gasteiger partial charge in [-0.1, -0.05) is 0 Å². The van der Waals surface area contributed by atoms with Crippen molar-refractivity contribution in [1.29, 1.82) is 0 Å². The normalized spacial score (nSPS) is 20.3. The van der Waals surface area contributed by atoms with Gasteiger partial charge < -0.3 is 14.5 Å². The highest BCUT2D eigenvalue weighted by molar-refractivity contribution is 5.67. The van der Waals surface area contributed by atoms with E-state index < -0.39 is 0 Å². The smallest absolute Gasteiger partial charge is 0.410 e. The highest BCUT2D eigenvalue weighted by Crippen LogP contribution is 2.26. The van der Waals surface area contributed by atoms with Gasteiger partial charge in [-0.3, -0.25) is 0 Å². The van der Waals surface area contributed by atoms with Gasteiger partial charge in [-0.15, -0.1) is 0 Å². The Bertz CT molecular complexity index is 243. The van der Waals surface area contributed by atoms with Crippen LogP contribution in [0.1, 0.15) is 33.6 Å². The Hall–Kier alpha value is -0.770. The molecular weight excluding hydrogens is 204 g/mol. The Morgan fingerprint density at radius 1 is 1.31 bits per heavy atom. The maximum Gasteiger partial charge on any atom is 0.410 e. The first-order chi connectivity index (χ1) is 7.35. The molecule has 0 spiro atoms. The van der Waals surface area contributed by atoms with Crippen LogP contribution in [0.5, 0.6) is 0 Å². The number of carbonyl (C=O) groups excluding carboxylic acids is 1. The maximum atomic E-state index is 11.7. The van der Waals surface area contributed by atoms with Crippen LogP contribution in [0.2, 0.25) is 0 Å². The average Bonchev–Trinajstić information content (AvgIpc) is 2.17. The number of carbonyl (C=O) groups is 1. The van der Waals surface area contributed by atoms with E-state index in [0.29, 0.717) is 0 Å². The predicted octanol–water partition coefficient (Wildman–Crippen LogP) is 1.95. The standard InChI is InChI=1S/C12H24N2O2/c1-10(2)16-11(15)14-8-6-12(3,7-9-14)13(4)5/h10H,6-9H2,1-5H3. The first kappa shape index (κ1) is 13.3. The van der Waals surface area contributed by atoms with E-state index in [1.165, 1.54) is 0 Å². The van der Waals surface area contributed by atoms with E-state index in [1.54, 1.807) is 0 Å². The zero-order chi connectivity index (χ0) is 12.3. The fraction of sp³-hybridized carbons (Fsp3) is 0.917. The molecule has 0 aromatic carbocycles. The molecule has 94 valence electrons. The molecule has 4 nitrogen and oxygen atoms in total. The molecule has 0 radical (unpaired) electrons. The Kier molecular flexibility index (Phi) is 4.19. The molecule has 0 unspecified atom stereocenters. The number of nitrogens with zero attached hydrogens (tertiary/aromatic N) is 2. The van der Waals surface area contributed by atoms with Gasteiger partial charge in [0.05, 0.1) is 6.10 Å². The summed E-state index contributed by atoms with van der Waals surface area (Å²) in [7, 11) is 4.20. The van der Waals surface area contributed by atoms with E-state index in [1.807, 2.05) is 18.7 Å². The van der Waals surface area contributed by atoms with Crippen molar-refractivity contribution in [2.45, 2.75) is 45.3 Å². The molecule has 4 heteroatoms. The summed E-state index contributed by atoms with van der Waals surface area (Å²) in [5.41, 5.74) is 0.217. The summed E-state index contributed by atoms with van der Waals surface area (Å²) in [6.07, 6.45) is 1.81.